The Morgan fingerprint density at radius 3 is 1.33 bits per heavy atom. The number of benzene rings is 4. The Bertz CT molecular complexity index is 1910. The van der Waals surface area contributed by atoms with Gasteiger partial charge in [0.05, 0.1) is 0 Å². The molecule has 14 heteroatoms. The minimum atomic E-state index is -0.408. The van der Waals surface area contributed by atoms with Crippen LogP contribution in [0.15, 0.2) is 107 Å². The molecule has 2 heterocycles. The number of carbonyl (C=O) groups is 4. The molecule has 0 radical (unpaired) electrons. The molecule has 0 aromatic heterocycles. The quantitative estimate of drug-likeness (QED) is 0.198. The van der Waals surface area contributed by atoms with Gasteiger partial charge in [0.2, 0.25) is 23.6 Å². The Morgan fingerprint density at radius 1 is 0.596 bits per heavy atom. The van der Waals surface area contributed by atoms with Crippen LogP contribution in [0.25, 0.3) is 11.1 Å². The largest absolute Gasteiger partial charge is 0.489 e. The summed E-state index contributed by atoms with van der Waals surface area (Å²) in [6, 6.07) is 31.4. The van der Waals surface area contributed by atoms with Gasteiger partial charge in [-0.1, -0.05) is 96.3 Å². The van der Waals surface area contributed by atoms with Crippen molar-refractivity contribution in [2.75, 3.05) is 0 Å². The first-order valence-electron chi connectivity index (χ1n) is 16.3. The van der Waals surface area contributed by atoms with Crippen LogP contribution in [0.2, 0.25) is 0 Å². The lowest BCUT2D eigenvalue weighted by atomic mass is 10.0. The van der Waals surface area contributed by atoms with E-state index >= 15 is 0 Å². The van der Waals surface area contributed by atoms with Crippen LogP contribution in [-0.4, -0.2) is 44.0 Å². The van der Waals surface area contributed by atoms with E-state index < -0.39 is 10.7 Å². The molecular weight excluding hydrogens is 701 g/mol. The van der Waals surface area contributed by atoms with Crippen molar-refractivity contribution in [1.29, 1.82) is 0 Å². The smallest absolute Gasteiger partial charge is 0.241 e. The number of nitrogens with one attached hydrogen (secondary N) is 2. The second-order valence-electron chi connectivity index (χ2n) is 12.0. The Labute approximate surface area is 309 Å². The van der Waals surface area contributed by atoms with Gasteiger partial charge in [-0.3, -0.25) is 19.2 Å². The summed E-state index contributed by atoms with van der Waals surface area (Å²) < 4.78 is 12.2. The molecule has 4 aromatic rings. The van der Waals surface area contributed by atoms with Crippen molar-refractivity contribution in [2.24, 2.45) is 10.2 Å². The lowest BCUT2D eigenvalue weighted by Crippen LogP contribution is -2.25. The summed E-state index contributed by atoms with van der Waals surface area (Å²) in [6.45, 7) is 6.40. The van der Waals surface area contributed by atoms with Gasteiger partial charge < -0.3 is 20.1 Å². The van der Waals surface area contributed by atoms with Crippen molar-refractivity contribution in [2.45, 2.75) is 51.7 Å². The Morgan fingerprint density at radius 2 is 0.981 bits per heavy atom. The fraction of sp³-hybridized carbons (Fsp3) is 0.211. The highest BCUT2D eigenvalue weighted by atomic mass is 32.2. The van der Waals surface area contributed by atoms with Gasteiger partial charge in [0.1, 0.15) is 35.5 Å². The van der Waals surface area contributed by atoms with Gasteiger partial charge in [0.25, 0.3) is 0 Å². The zero-order chi connectivity index (χ0) is 36.8. The van der Waals surface area contributed by atoms with Crippen molar-refractivity contribution in [3.05, 3.63) is 119 Å². The summed E-state index contributed by atoms with van der Waals surface area (Å²) in [6.07, 6.45) is 0. The summed E-state index contributed by atoms with van der Waals surface area (Å²) in [7, 11) is 0. The molecule has 12 nitrogen and oxygen atoms in total. The van der Waals surface area contributed by atoms with Gasteiger partial charge in [0.15, 0.2) is 10.3 Å². The number of thioether (sulfide) groups is 2. The maximum Gasteiger partial charge on any atom is 0.241 e. The first kappa shape index (κ1) is 36.2. The van der Waals surface area contributed by atoms with E-state index in [4.69, 9.17) is 9.47 Å². The standard InChI is InChI=1S/C38H36N6O6S2/c1-23(45)39-37-41-43(25(3)47)35(51-37)31-7-5-9-33(19-31)49-21-27-11-15-29(16-12-27)30-17-13-28(14-18-30)22-50-34-10-6-8-32(20-34)36-44(26(4)48)42-38(52-36)40-24(2)46/h5-20,35-36H,21-22H2,1-4H3,(H,39,41,45)(H,40,42,46). The van der Waals surface area contributed by atoms with Crippen LogP contribution in [-0.2, 0) is 32.4 Å². The zero-order valence-corrected chi connectivity index (χ0v) is 30.5. The fourth-order valence-corrected chi connectivity index (χ4v) is 7.65. The van der Waals surface area contributed by atoms with Crippen molar-refractivity contribution in [1.82, 2.24) is 20.7 Å². The van der Waals surface area contributed by atoms with E-state index in [2.05, 4.69) is 45.1 Å². The third-order valence-corrected chi connectivity index (χ3v) is 10.0. The molecule has 2 aliphatic rings. The molecule has 6 rings (SSSR count). The van der Waals surface area contributed by atoms with Crippen molar-refractivity contribution in [3.63, 3.8) is 0 Å². The van der Waals surface area contributed by atoms with Crippen molar-refractivity contribution in [3.8, 4) is 22.6 Å². The summed E-state index contributed by atoms with van der Waals surface area (Å²) in [4.78, 5) is 47.5. The number of amides is 4. The summed E-state index contributed by atoms with van der Waals surface area (Å²) in [5.41, 5.74) is 5.79. The summed E-state index contributed by atoms with van der Waals surface area (Å²) in [5.74, 6) is 0.355. The van der Waals surface area contributed by atoms with Gasteiger partial charge in [0, 0.05) is 27.7 Å². The number of ether oxygens (including phenoxy) is 2. The van der Waals surface area contributed by atoms with Crippen LogP contribution < -0.4 is 20.1 Å². The average Bonchev–Trinajstić information content (AvgIpc) is 3.75. The maximum absolute atomic E-state index is 12.2. The lowest BCUT2D eigenvalue weighted by molar-refractivity contribution is -0.130. The third-order valence-electron chi connectivity index (χ3n) is 7.84. The fourth-order valence-electron chi connectivity index (χ4n) is 5.39. The van der Waals surface area contributed by atoms with Crippen molar-refractivity contribution < 1.29 is 28.7 Å². The van der Waals surface area contributed by atoms with E-state index in [0.717, 1.165) is 33.4 Å². The average molecular weight is 737 g/mol. The highest BCUT2D eigenvalue weighted by Crippen LogP contribution is 2.41. The number of nitrogens with zero attached hydrogens (tertiary/aromatic N) is 4. The molecule has 0 fully saturated rings. The minimum Gasteiger partial charge on any atom is -0.489 e. The van der Waals surface area contributed by atoms with Gasteiger partial charge in [-0.2, -0.15) is 0 Å². The first-order chi connectivity index (χ1) is 25.0. The second-order valence-corrected chi connectivity index (χ2v) is 14.1. The molecule has 4 amide bonds. The summed E-state index contributed by atoms with van der Waals surface area (Å²) >= 11 is 2.59. The van der Waals surface area contributed by atoms with Crippen LogP contribution >= 0.6 is 23.5 Å². The highest BCUT2D eigenvalue weighted by Gasteiger charge is 2.33. The van der Waals surface area contributed by atoms with E-state index in [9.17, 15) is 19.2 Å². The van der Waals surface area contributed by atoms with E-state index in [1.807, 2.05) is 72.8 Å². The zero-order valence-electron chi connectivity index (χ0n) is 28.9. The number of hydrazone groups is 2. The number of carbonyl (C=O) groups excluding carboxylic acids is 4. The first-order valence-corrected chi connectivity index (χ1v) is 18.1. The van der Waals surface area contributed by atoms with Gasteiger partial charge in [-0.25, -0.2) is 10.0 Å². The number of amidine groups is 2. The normalized spacial score (nSPS) is 16.5. The molecule has 52 heavy (non-hydrogen) atoms. The number of hydrogen-bond donors (Lipinski definition) is 2. The molecule has 2 aliphatic heterocycles. The topological polar surface area (TPSA) is 142 Å². The molecule has 0 saturated heterocycles. The van der Waals surface area contributed by atoms with Crippen LogP contribution in [0.1, 0.15) is 60.7 Å². The third kappa shape index (κ3) is 9.00. The molecule has 2 atom stereocenters. The summed E-state index contributed by atoms with van der Waals surface area (Å²) in [5, 5.41) is 16.5. The highest BCUT2D eigenvalue weighted by molar-refractivity contribution is 8.14. The second kappa shape index (κ2) is 16.2. The predicted molar refractivity (Wildman–Crippen MR) is 202 cm³/mol. The molecule has 0 saturated carbocycles. The Balaban J connectivity index is 1.02. The Kier molecular flexibility index (Phi) is 11.3. The van der Waals surface area contributed by atoms with Gasteiger partial charge in [-0.15, -0.1) is 10.2 Å². The molecule has 0 aliphatic carbocycles. The monoisotopic (exact) mass is 736 g/mol. The molecule has 266 valence electrons. The van der Waals surface area contributed by atoms with E-state index in [0.29, 0.717) is 35.0 Å². The molecule has 4 aromatic carbocycles. The van der Waals surface area contributed by atoms with E-state index in [-0.39, 0.29) is 23.6 Å². The maximum atomic E-state index is 12.2. The molecule has 2 unspecified atom stereocenters. The molecular formula is C38H36N6O6S2. The van der Waals surface area contributed by atoms with Crippen LogP contribution in [0, 0.1) is 0 Å². The molecule has 0 bridgehead atoms. The minimum absolute atomic E-state index is 0.229. The van der Waals surface area contributed by atoms with Gasteiger partial charge in [-0.05, 0) is 57.6 Å². The van der Waals surface area contributed by atoms with E-state index in [1.54, 1.807) is 0 Å². The van der Waals surface area contributed by atoms with Crippen LogP contribution in [0.5, 0.6) is 11.5 Å². The van der Waals surface area contributed by atoms with Gasteiger partial charge >= 0.3 is 0 Å². The number of rotatable bonds is 9. The lowest BCUT2D eigenvalue weighted by Gasteiger charge is -2.20. The van der Waals surface area contributed by atoms with Crippen LogP contribution in [0.4, 0.5) is 0 Å². The van der Waals surface area contributed by atoms with Crippen molar-refractivity contribution >= 4 is 57.5 Å². The number of hydrogen-bond acceptors (Lipinski definition) is 10. The Hall–Kier alpha value is -5.60. The predicted octanol–water partition coefficient (Wildman–Crippen LogP) is 6.51. The van der Waals surface area contributed by atoms with Crippen LogP contribution in [0.3, 0.4) is 0 Å². The molecule has 2 N–H and O–H groups in total. The molecule has 0 spiro atoms. The van der Waals surface area contributed by atoms with E-state index in [1.165, 1.54) is 61.2 Å². The SMILES string of the molecule is CC(=O)NC1=NN(C(C)=O)C(c2cccc(OCc3ccc(-c4ccc(COc5cccc(C6SC(NC(C)=O)=NN6C(C)=O)c5)cc4)cc3)c2)S1.